The fourth-order valence-electron chi connectivity index (χ4n) is 2.46. The van der Waals surface area contributed by atoms with Gasteiger partial charge in [-0.1, -0.05) is 11.6 Å². The van der Waals surface area contributed by atoms with Gasteiger partial charge in [0.05, 0.1) is 19.9 Å². The molecule has 0 saturated carbocycles. The second-order valence-electron chi connectivity index (χ2n) is 5.91. The number of anilines is 3. The quantitative estimate of drug-likeness (QED) is 0.638. The fourth-order valence-corrected chi connectivity index (χ4v) is 2.62. The van der Waals surface area contributed by atoms with E-state index in [-0.39, 0.29) is 5.91 Å². The van der Waals surface area contributed by atoms with Crippen LogP contribution in [0.25, 0.3) is 0 Å². The molecule has 0 aliphatic heterocycles. The Kier molecular flexibility index (Phi) is 5.96. The number of hydrogen-bond donors (Lipinski definition) is 2. The number of rotatable bonds is 6. The van der Waals surface area contributed by atoms with Crippen LogP contribution >= 0.6 is 11.6 Å². The maximum atomic E-state index is 12.3. The van der Waals surface area contributed by atoms with Crippen LogP contribution in [0.15, 0.2) is 48.5 Å². The van der Waals surface area contributed by atoms with Crippen molar-refractivity contribution in [3.05, 3.63) is 64.7 Å². The summed E-state index contributed by atoms with van der Waals surface area (Å²) in [6.07, 6.45) is 0. The van der Waals surface area contributed by atoms with Gasteiger partial charge in [-0.3, -0.25) is 4.79 Å². The highest BCUT2D eigenvalue weighted by Crippen LogP contribution is 2.32. The normalized spacial score (nSPS) is 10.3. The highest BCUT2D eigenvalue weighted by Gasteiger charge is 2.10. The van der Waals surface area contributed by atoms with Crippen LogP contribution in [0.3, 0.4) is 0 Å². The molecule has 0 saturated heterocycles. The van der Waals surface area contributed by atoms with Crippen LogP contribution in [0, 0.1) is 6.92 Å². The summed E-state index contributed by atoms with van der Waals surface area (Å²) in [5.41, 5.74) is 2.11. The number of hydrogen-bond acceptors (Lipinski definition) is 6. The van der Waals surface area contributed by atoms with E-state index in [4.69, 9.17) is 21.1 Å². The Balaban J connectivity index is 1.69. The lowest BCUT2D eigenvalue weighted by atomic mass is 10.2. The Morgan fingerprint density at radius 2 is 1.64 bits per heavy atom. The molecule has 0 spiro atoms. The molecule has 2 aromatic carbocycles. The third kappa shape index (κ3) is 4.50. The average molecular weight is 399 g/mol. The van der Waals surface area contributed by atoms with Crippen molar-refractivity contribution in [3.8, 4) is 11.5 Å². The van der Waals surface area contributed by atoms with Crippen LogP contribution < -0.4 is 20.1 Å². The molecule has 0 aliphatic rings. The third-order valence-electron chi connectivity index (χ3n) is 4.00. The lowest BCUT2D eigenvalue weighted by Crippen LogP contribution is -2.13. The van der Waals surface area contributed by atoms with Gasteiger partial charge >= 0.3 is 0 Å². The highest BCUT2D eigenvalue weighted by atomic mass is 35.5. The summed E-state index contributed by atoms with van der Waals surface area (Å²) in [5, 5.41) is 14.6. The lowest BCUT2D eigenvalue weighted by Gasteiger charge is -2.12. The van der Waals surface area contributed by atoms with E-state index in [1.54, 1.807) is 56.7 Å². The molecule has 0 atom stereocenters. The van der Waals surface area contributed by atoms with Crippen LogP contribution in [0.4, 0.5) is 17.3 Å². The largest absolute Gasteiger partial charge is 0.497 e. The lowest BCUT2D eigenvalue weighted by molar-refractivity contribution is 0.102. The molecule has 0 unspecified atom stereocenters. The second-order valence-corrected chi connectivity index (χ2v) is 6.32. The molecule has 28 heavy (non-hydrogen) atoms. The van der Waals surface area contributed by atoms with E-state index >= 15 is 0 Å². The molecule has 1 heterocycles. The van der Waals surface area contributed by atoms with Crippen LogP contribution in [0.1, 0.15) is 15.9 Å². The standard InChI is InChI=1S/C20H19ClN4O3/c1-12-10-16(17(28-3)11-15(12)21)22-18-8-9-19(25-24-18)23-20(26)13-4-6-14(27-2)7-5-13/h4-11H,1-3H3,(H,22,24)(H,23,25,26). The minimum atomic E-state index is -0.285. The van der Waals surface area contributed by atoms with E-state index < -0.39 is 0 Å². The summed E-state index contributed by atoms with van der Waals surface area (Å²) >= 11 is 6.12. The molecule has 1 aromatic heterocycles. The minimum Gasteiger partial charge on any atom is -0.497 e. The van der Waals surface area contributed by atoms with Crippen molar-refractivity contribution in [1.82, 2.24) is 10.2 Å². The number of aromatic nitrogens is 2. The number of amides is 1. The molecular formula is C20H19ClN4O3. The van der Waals surface area contributed by atoms with Gasteiger partial charge < -0.3 is 20.1 Å². The van der Waals surface area contributed by atoms with Crippen LogP contribution in [0.5, 0.6) is 11.5 Å². The summed E-state index contributed by atoms with van der Waals surface area (Å²) in [6.45, 7) is 1.90. The van der Waals surface area contributed by atoms with Gasteiger partial charge in [-0.05, 0) is 55.0 Å². The molecule has 0 aliphatic carbocycles. The van der Waals surface area contributed by atoms with Gasteiger partial charge in [-0.25, -0.2) is 0 Å². The molecule has 8 heteroatoms. The molecule has 0 fully saturated rings. The number of nitrogens with one attached hydrogen (secondary N) is 2. The summed E-state index contributed by atoms with van der Waals surface area (Å²) in [4.78, 5) is 12.3. The van der Waals surface area contributed by atoms with E-state index in [0.29, 0.717) is 39.4 Å². The second kappa shape index (κ2) is 8.58. The van der Waals surface area contributed by atoms with Gasteiger partial charge in [0.25, 0.3) is 5.91 Å². The van der Waals surface area contributed by atoms with E-state index in [0.717, 1.165) is 5.56 Å². The predicted molar refractivity (Wildman–Crippen MR) is 109 cm³/mol. The number of benzene rings is 2. The van der Waals surface area contributed by atoms with E-state index in [1.807, 2.05) is 13.0 Å². The maximum absolute atomic E-state index is 12.3. The van der Waals surface area contributed by atoms with Gasteiger partial charge in [0.1, 0.15) is 11.5 Å². The maximum Gasteiger partial charge on any atom is 0.256 e. The Labute approximate surface area is 167 Å². The van der Waals surface area contributed by atoms with Crippen LogP contribution in [0.2, 0.25) is 5.02 Å². The molecule has 1 amide bonds. The summed E-state index contributed by atoms with van der Waals surface area (Å²) in [5.74, 6) is 1.83. The first kappa shape index (κ1) is 19.4. The number of carbonyl (C=O) groups is 1. The molecule has 144 valence electrons. The fraction of sp³-hybridized carbons (Fsp3) is 0.150. The number of nitrogens with zero attached hydrogens (tertiary/aromatic N) is 2. The van der Waals surface area contributed by atoms with E-state index in [9.17, 15) is 4.79 Å². The van der Waals surface area contributed by atoms with Crippen molar-refractivity contribution in [2.75, 3.05) is 24.9 Å². The monoisotopic (exact) mass is 398 g/mol. The molecule has 0 radical (unpaired) electrons. The number of methoxy groups -OCH3 is 2. The topological polar surface area (TPSA) is 85.4 Å². The smallest absolute Gasteiger partial charge is 0.256 e. The number of aryl methyl sites for hydroxylation is 1. The van der Waals surface area contributed by atoms with Crippen molar-refractivity contribution in [2.45, 2.75) is 6.92 Å². The van der Waals surface area contributed by atoms with Crippen LogP contribution in [-0.4, -0.2) is 30.3 Å². The van der Waals surface area contributed by atoms with Gasteiger partial charge in [-0.15, -0.1) is 10.2 Å². The Morgan fingerprint density at radius 3 is 2.25 bits per heavy atom. The summed E-state index contributed by atoms with van der Waals surface area (Å²) in [7, 11) is 3.14. The van der Waals surface area contributed by atoms with Crippen molar-refractivity contribution < 1.29 is 14.3 Å². The van der Waals surface area contributed by atoms with Gasteiger partial charge in [0.15, 0.2) is 11.6 Å². The molecule has 3 aromatic rings. The van der Waals surface area contributed by atoms with Gasteiger partial charge in [-0.2, -0.15) is 0 Å². The first-order valence-corrected chi connectivity index (χ1v) is 8.78. The minimum absolute atomic E-state index is 0.285. The van der Waals surface area contributed by atoms with Crippen LogP contribution in [-0.2, 0) is 0 Å². The zero-order valence-corrected chi connectivity index (χ0v) is 16.4. The third-order valence-corrected chi connectivity index (χ3v) is 4.41. The van der Waals surface area contributed by atoms with Gasteiger partial charge in [0.2, 0.25) is 0 Å². The molecule has 2 N–H and O–H groups in total. The van der Waals surface area contributed by atoms with Crippen molar-refractivity contribution in [2.24, 2.45) is 0 Å². The van der Waals surface area contributed by atoms with E-state index in [1.165, 1.54) is 0 Å². The van der Waals surface area contributed by atoms with Crippen molar-refractivity contribution in [3.63, 3.8) is 0 Å². The van der Waals surface area contributed by atoms with E-state index in [2.05, 4.69) is 20.8 Å². The average Bonchev–Trinajstić information content (AvgIpc) is 2.72. The Bertz CT molecular complexity index is 976. The SMILES string of the molecule is COc1ccc(C(=O)Nc2ccc(Nc3cc(C)c(Cl)cc3OC)nn2)cc1. The van der Waals surface area contributed by atoms with Crippen molar-refractivity contribution in [1.29, 1.82) is 0 Å². The molecule has 3 rings (SSSR count). The van der Waals surface area contributed by atoms with Crippen molar-refractivity contribution >= 4 is 34.8 Å². The zero-order chi connectivity index (χ0) is 20.1. The number of ether oxygens (including phenoxy) is 2. The summed E-state index contributed by atoms with van der Waals surface area (Å²) < 4.78 is 10.4. The zero-order valence-electron chi connectivity index (χ0n) is 15.6. The Hall–Kier alpha value is -3.32. The first-order valence-electron chi connectivity index (χ1n) is 8.40. The predicted octanol–water partition coefficient (Wildman–Crippen LogP) is 4.45. The molecule has 0 bridgehead atoms. The Morgan fingerprint density at radius 1 is 0.964 bits per heavy atom. The van der Waals surface area contributed by atoms with Gasteiger partial charge in [0, 0.05) is 16.7 Å². The number of carbonyl (C=O) groups excluding carboxylic acids is 1. The first-order chi connectivity index (χ1) is 13.5. The molecular weight excluding hydrogens is 380 g/mol. The summed E-state index contributed by atoms with van der Waals surface area (Å²) in [6, 6.07) is 13.7. The number of halogens is 1. The molecule has 7 nitrogen and oxygen atoms in total. The highest BCUT2D eigenvalue weighted by molar-refractivity contribution is 6.31.